The van der Waals surface area contributed by atoms with Crippen LogP contribution in [0.25, 0.3) is 0 Å². The number of thioether (sulfide) groups is 1. The van der Waals surface area contributed by atoms with E-state index in [9.17, 15) is 0 Å². The molecule has 0 aromatic carbocycles. The summed E-state index contributed by atoms with van der Waals surface area (Å²) in [5.74, 6) is 0.739. The van der Waals surface area contributed by atoms with Crippen LogP contribution in [0.15, 0.2) is 23.3 Å². The van der Waals surface area contributed by atoms with Crippen LogP contribution >= 0.6 is 11.8 Å². The van der Waals surface area contributed by atoms with Gasteiger partial charge in [-0.25, -0.2) is 0 Å². The molecule has 0 fully saturated rings. The second-order valence-corrected chi connectivity index (χ2v) is 6.12. The van der Waals surface area contributed by atoms with E-state index in [1.54, 1.807) is 0 Å². The highest BCUT2D eigenvalue weighted by Gasteiger charge is 2.20. The summed E-state index contributed by atoms with van der Waals surface area (Å²) < 4.78 is 0. The lowest BCUT2D eigenvalue weighted by Crippen LogP contribution is -2.09. The highest BCUT2D eigenvalue weighted by atomic mass is 32.2. The van der Waals surface area contributed by atoms with E-state index in [1.165, 1.54) is 6.42 Å². The highest BCUT2D eigenvalue weighted by molar-refractivity contribution is 8.15. The lowest BCUT2D eigenvalue weighted by atomic mass is 10.1. The fraction of sp³-hybridized carbons (Fsp3) is 0.538. The molecule has 2 heterocycles. The van der Waals surface area contributed by atoms with Gasteiger partial charge in [-0.05, 0) is 31.4 Å². The Bertz CT molecular complexity index is 398. The van der Waals surface area contributed by atoms with Crippen molar-refractivity contribution < 1.29 is 0 Å². The van der Waals surface area contributed by atoms with Crippen molar-refractivity contribution in [1.82, 2.24) is 4.98 Å². The topological polar surface area (TPSA) is 37.3 Å². The highest BCUT2D eigenvalue weighted by Crippen LogP contribution is 2.27. The van der Waals surface area contributed by atoms with Crippen molar-refractivity contribution in [2.75, 3.05) is 11.9 Å². The van der Waals surface area contributed by atoms with Crippen LogP contribution in [-0.4, -0.2) is 21.9 Å². The van der Waals surface area contributed by atoms with E-state index in [0.29, 0.717) is 5.25 Å². The van der Waals surface area contributed by atoms with Crippen molar-refractivity contribution in [3.05, 3.63) is 24.0 Å². The van der Waals surface area contributed by atoms with Crippen LogP contribution in [0.5, 0.6) is 0 Å². The number of amidine groups is 1. The summed E-state index contributed by atoms with van der Waals surface area (Å²) in [5, 5.41) is 4.99. The lowest BCUT2D eigenvalue weighted by molar-refractivity contribution is 0.575. The molecule has 17 heavy (non-hydrogen) atoms. The van der Waals surface area contributed by atoms with Gasteiger partial charge in [0.25, 0.3) is 0 Å². The predicted molar refractivity (Wildman–Crippen MR) is 75.7 cm³/mol. The van der Waals surface area contributed by atoms with Gasteiger partial charge in [-0.15, -0.1) is 0 Å². The number of aromatic nitrogens is 1. The van der Waals surface area contributed by atoms with Gasteiger partial charge in [-0.2, -0.15) is 0 Å². The molecule has 1 N–H and O–H groups in total. The molecule has 1 atom stereocenters. The van der Waals surface area contributed by atoms with Crippen LogP contribution in [0.3, 0.4) is 0 Å². The van der Waals surface area contributed by atoms with Crippen LogP contribution in [0.1, 0.15) is 26.0 Å². The second-order valence-electron chi connectivity index (χ2n) is 4.83. The van der Waals surface area contributed by atoms with Crippen molar-refractivity contribution >= 4 is 22.6 Å². The molecule has 0 saturated carbocycles. The van der Waals surface area contributed by atoms with Crippen molar-refractivity contribution in [3.63, 3.8) is 0 Å². The van der Waals surface area contributed by atoms with E-state index in [4.69, 9.17) is 0 Å². The number of aryl methyl sites for hydroxylation is 1. The molecule has 1 aliphatic rings. The van der Waals surface area contributed by atoms with Gasteiger partial charge >= 0.3 is 0 Å². The molecule has 0 saturated heterocycles. The summed E-state index contributed by atoms with van der Waals surface area (Å²) in [4.78, 5) is 8.79. The maximum atomic E-state index is 4.53. The maximum Gasteiger partial charge on any atom is 0.161 e. The van der Waals surface area contributed by atoms with Crippen molar-refractivity contribution in [2.24, 2.45) is 10.9 Å². The number of pyridine rings is 1. The van der Waals surface area contributed by atoms with E-state index in [1.807, 2.05) is 37.0 Å². The van der Waals surface area contributed by atoms with Crippen molar-refractivity contribution in [2.45, 2.75) is 32.4 Å². The maximum absolute atomic E-state index is 4.53. The molecule has 0 amide bonds. The fourth-order valence-electron chi connectivity index (χ4n) is 1.80. The molecule has 0 aliphatic carbocycles. The second kappa shape index (κ2) is 5.54. The molecule has 1 aliphatic heterocycles. The van der Waals surface area contributed by atoms with Crippen molar-refractivity contribution in [1.29, 1.82) is 0 Å². The molecule has 1 aromatic heterocycles. The average molecular weight is 249 g/mol. The van der Waals surface area contributed by atoms with Gasteiger partial charge in [0.1, 0.15) is 0 Å². The van der Waals surface area contributed by atoms with Crippen LogP contribution in [0.4, 0.5) is 5.69 Å². The molecular weight excluding hydrogens is 230 g/mol. The summed E-state index contributed by atoms with van der Waals surface area (Å²) in [5.41, 5.74) is 2.06. The zero-order valence-electron chi connectivity index (χ0n) is 10.6. The van der Waals surface area contributed by atoms with E-state index < -0.39 is 0 Å². The number of hydrogen-bond acceptors (Lipinski definition) is 4. The van der Waals surface area contributed by atoms with Gasteiger partial charge in [-0.1, -0.05) is 25.6 Å². The number of rotatable bonds is 3. The quantitative estimate of drug-likeness (QED) is 0.893. The van der Waals surface area contributed by atoms with Crippen LogP contribution in [-0.2, 0) is 0 Å². The monoisotopic (exact) mass is 249 g/mol. The van der Waals surface area contributed by atoms with Gasteiger partial charge in [0, 0.05) is 10.9 Å². The number of aliphatic imine (C=N–C) groups is 1. The first-order valence-corrected chi connectivity index (χ1v) is 6.92. The minimum atomic E-state index is 0.635. The molecule has 1 aromatic rings. The Morgan fingerprint density at radius 1 is 1.47 bits per heavy atom. The fourth-order valence-corrected chi connectivity index (χ4v) is 3.07. The van der Waals surface area contributed by atoms with Crippen LogP contribution in [0, 0.1) is 12.8 Å². The molecule has 92 valence electrons. The number of nitrogens with one attached hydrogen (secondary N) is 1. The number of nitrogens with zero attached hydrogens (tertiary/aromatic N) is 2. The zero-order chi connectivity index (χ0) is 12.3. The third-order valence-corrected chi connectivity index (χ3v) is 3.74. The normalized spacial score (nSPS) is 19.5. The molecule has 0 bridgehead atoms. The van der Waals surface area contributed by atoms with Gasteiger partial charge in [0.15, 0.2) is 5.17 Å². The standard InChI is InChI=1S/C13H19N3S/c1-9(2)6-12-8-15-13(17-12)16-11-5-4-10(3)14-7-11/h4-5,7,9,12H,6,8H2,1-3H3,(H,15,16). The Morgan fingerprint density at radius 3 is 2.94 bits per heavy atom. The summed E-state index contributed by atoms with van der Waals surface area (Å²) >= 11 is 1.85. The van der Waals surface area contributed by atoms with Crippen LogP contribution < -0.4 is 5.32 Å². The van der Waals surface area contributed by atoms with Crippen molar-refractivity contribution in [3.8, 4) is 0 Å². The molecule has 4 heteroatoms. The van der Waals surface area contributed by atoms with Gasteiger partial charge < -0.3 is 5.32 Å². The third-order valence-electron chi connectivity index (χ3n) is 2.61. The van der Waals surface area contributed by atoms with Gasteiger partial charge in [0.05, 0.1) is 18.4 Å². The first-order chi connectivity index (χ1) is 8.13. The number of hydrogen-bond donors (Lipinski definition) is 1. The Labute approximate surface area is 107 Å². The zero-order valence-corrected chi connectivity index (χ0v) is 11.4. The first kappa shape index (κ1) is 12.4. The summed E-state index contributed by atoms with van der Waals surface area (Å²) in [6.45, 7) is 7.44. The van der Waals surface area contributed by atoms with Crippen LogP contribution in [0.2, 0.25) is 0 Å². The lowest BCUT2D eigenvalue weighted by Gasteiger charge is -2.11. The average Bonchev–Trinajstić information content (AvgIpc) is 2.68. The SMILES string of the molecule is Cc1ccc(NC2=NCC(CC(C)C)S2)cn1. The van der Waals surface area contributed by atoms with E-state index in [-0.39, 0.29) is 0 Å². The summed E-state index contributed by atoms with van der Waals surface area (Å²) in [6, 6.07) is 4.05. The largest absolute Gasteiger partial charge is 0.334 e. The third kappa shape index (κ3) is 3.73. The molecule has 0 spiro atoms. The Balaban J connectivity index is 1.87. The summed E-state index contributed by atoms with van der Waals surface area (Å²) in [7, 11) is 0. The Morgan fingerprint density at radius 2 is 2.29 bits per heavy atom. The van der Waals surface area contributed by atoms with E-state index in [0.717, 1.165) is 29.0 Å². The first-order valence-electron chi connectivity index (χ1n) is 6.04. The minimum absolute atomic E-state index is 0.635. The van der Waals surface area contributed by atoms with Gasteiger partial charge in [-0.3, -0.25) is 9.98 Å². The molecule has 1 unspecified atom stereocenters. The van der Waals surface area contributed by atoms with Gasteiger partial charge in [0.2, 0.25) is 0 Å². The van der Waals surface area contributed by atoms with E-state index >= 15 is 0 Å². The molecule has 2 rings (SSSR count). The summed E-state index contributed by atoms with van der Waals surface area (Å²) in [6.07, 6.45) is 3.08. The van der Waals surface area contributed by atoms with E-state index in [2.05, 4.69) is 29.1 Å². The molecular formula is C13H19N3S. The Kier molecular flexibility index (Phi) is 4.05. The molecule has 3 nitrogen and oxygen atoms in total. The smallest absolute Gasteiger partial charge is 0.161 e. The minimum Gasteiger partial charge on any atom is -0.334 e. The predicted octanol–water partition coefficient (Wildman–Crippen LogP) is 3.32. The number of anilines is 1. The molecule has 0 radical (unpaired) electrons. The Hall–Kier alpha value is -1.03.